The van der Waals surface area contributed by atoms with Gasteiger partial charge in [-0.15, -0.1) is 0 Å². The number of nitrogens with one attached hydrogen (secondary N) is 2. The van der Waals surface area contributed by atoms with Crippen molar-refractivity contribution in [1.82, 2.24) is 5.32 Å². The largest absolute Gasteiger partial charge is 0.345 e. The van der Waals surface area contributed by atoms with Gasteiger partial charge in [0.15, 0.2) is 0 Å². The molecule has 1 saturated heterocycles. The van der Waals surface area contributed by atoms with Crippen molar-refractivity contribution in [1.29, 1.82) is 0 Å². The summed E-state index contributed by atoms with van der Waals surface area (Å²) in [7, 11) is -3.24. The quantitative estimate of drug-likeness (QED) is 0.794. The van der Waals surface area contributed by atoms with Crippen LogP contribution in [0.2, 0.25) is 0 Å². The van der Waals surface area contributed by atoms with Crippen molar-refractivity contribution in [2.45, 2.75) is 45.1 Å². The van der Waals surface area contributed by atoms with Crippen molar-refractivity contribution in [3.63, 3.8) is 0 Å². The van der Waals surface area contributed by atoms with E-state index < -0.39 is 21.8 Å². The minimum atomic E-state index is -3.24. The molecule has 1 aromatic carbocycles. The summed E-state index contributed by atoms with van der Waals surface area (Å²) in [4.78, 5) is 24.0. The van der Waals surface area contributed by atoms with Gasteiger partial charge in [0.05, 0.1) is 11.4 Å². The van der Waals surface area contributed by atoms with Gasteiger partial charge in [0.1, 0.15) is 0 Å². The van der Waals surface area contributed by atoms with Gasteiger partial charge >= 0.3 is 11.8 Å². The highest BCUT2D eigenvalue weighted by molar-refractivity contribution is 7.93. The van der Waals surface area contributed by atoms with Crippen LogP contribution in [0.4, 0.5) is 11.4 Å². The third kappa shape index (κ3) is 3.95. The number of aryl methyl sites for hydroxylation is 1. The fraction of sp³-hybridized carbons (Fsp3) is 0.529. The molecule has 1 heterocycles. The monoisotopic (exact) mass is 365 g/mol. The van der Waals surface area contributed by atoms with Crippen LogP contribution in [0.3, 0.4) is 0 Å². The predicted octanol–water partition coefficient (Wildman–Crippen LogP) is 1.53. The molecule has 136 valence electrons. The summed E-state index contributed by atoms with van der Waals surface area (Å²) >= 11 is 0. The Bertz CT molecular complexity index is 785. The summed E-state index contributed by atoms with van der Waals surface area (Å²) in [5.74, 6) is -1.17. The maximum absolute atomic E-state index is 12.1. The second-order valence-electron chi connectivity index (χ2n) is 6.65. The molecular weight excluding hydrogens is 342 g/mol. The van der Waals surface area contributed by atoms with E-state index in [2.05, 4.69) is 10.6 Å². The number of rotatable bonds is 3. The Hall–Kier alpha value is -2.09. The molecule has 0 bridgehead atoms. The average Bonchev–Trinajstić information content (AvgIpc) is 3.18. The van der Waals surface area contributed by atoms with Crippen molar-refractivity contribution in [3.8, 4) is 0 Å². The van der Waals surface area contributed by atoms with Crippen molar-refractivity contribution >= 4 is 33.2 Å². The lowest BCUT2D eigenvalue weighted by atomic mass is 10.1. The highest BCUT2D eigenvalue weighted by Crippen LogP contribution is 2.28. The Labute approximate surface area is 147 Å². The lowest BCUT2D eigenvalue weighted by molar-refractivity contribution is -0.136. The van der Waals surface area contributed by atoms with Gasteiger partial charge in [-0.3, -0.25) is 13.9 Å². The molecule has 2 aliphatic rings. The number of benzene rings is 1. The fourth-order valence-corrected chi connectivity index (χ4v) is 4.93. The molecule has 8 heteroatoms. The molecule has 25 heavy (non-hydrogen) atoms. The summed E-state index contributed by atoms with van der Waals surface area (Å²) in [5.41, 5.74) is 1.80. The van der Waals surface area contributed by atoms with E-state index in [1.165, 1.54) is 4.31 Å². The maximum atomic E-state index is 12.1. The molecule has 1 aliphatic carbocycles. The minimum absolute atomic E-state index is 0.0853. The zero-order chi connectivity index (χ0) is 18.0. The van der Waals surface area contributed by atoms with E-state index in [4.69, 9.17) is 0 Å². The van der Waals surface area contributed by atoms with Gasteiger partial charge in [-0.1, -0.05) is 12.8 Å². The van der Waals surface area contributed by atoms with E-state index in [1.54, 1.807) is 25.1 Å². The van der Waals surface area contributed by atoms with Crippen LogP contribution in [0.5, 0.6) is 0 Å². The lowest BCUT2D eigenvalue weighted by Crippen LogP contribution is -2.40. The molecule has 3 rings (SSSR count). The van der Waals surface area contributed by atoms with Crippen LogP contribution in [-0.4, -0.2) is 38.6 Å². The highest BCUT2D eigenvalue weighted by Gasteiger charge is 2.28. The Morgan fingerprint density at radius 1 is 1.12 bits per heavy atom. The van der Waals surface area contributed by atoms with Gasteiger partial charge in [-0.05, 0) is 49.9 Å². The van der Waals surface area contributed by atoms with Crippen molar-refractivity contribution in [2.75, 3.05) is 21.9 Å². The Morgan fingerprint density at radius 2 is 1.84 bits per heavy atom. The highest BCUT2D eigenvalue weighted by atomic mass is 32.2. The Balaban J connectivity index is 1.66. The second-order valence-corrected chi connectivity index (χ2v) is 8.66. The maximum Gasteiger partial charge on any atom is 0.313 e. The average molecular weight is 365 g/mol. The van der Waals surface area contributed by atoms with Crippen LogP contribution in [0.25, 0.3) is 0 Å². The van der Waals surface area contributed by atoms with E-state index in [-0.39, 0.29) is 11.8 Å². The van der Waals surface area contributed by atoms with E-state index in [0.717, 1.165) is 25.7 Å². The standard InChI is InChI=1S/C17H23N3O4S/c1-12-11-14(20-9-4-10-25(20,23)24)7-8-15(12)19-17(22)16(21)18-13-5-2-3-6-13/h7-8,11,13H,2-6,9-10H2,1H3,(H,18,21)(H,19,22). The SMILES string of the molecule is Cc1cc(N2CCCS2(=O)=O)ccc1NC(=O)C(=O)NC1CCCC1. The molecule has 0 radical (unpaired) electrons. The van der Waals surface area contributed by atoms with Gasteiger partial charge in [0.2, 0.25) is 10.0 Å². The minimum Gasteiger partial charge on any atom is -0.345 e. The molecule has 2 N–H and O–H groups in total. The molecule has 7 nitrogen and oxygen atoms in total. The van der Waals surface area contributed by atoms with E-state index in [1.807, 2.05) is 0 Å². The molecule has 1 aromatic rings. The number of carbonyl (C=O) groups is 2. The molecule has 1 saturated carbocycles. The van der Waals surface area contributed by atoms with E-state index >= 15 is 0 Å². The molecule has 2 fully saturated rings. The molecule has 1 aliphatic heterocycles. The predicted molar refractivity (Wildman–Crippen MR) is 96.0 cm³/mol. The molecule has 0 aromatic heterocycles. The third-order valence-electron chi connectivity index (χ3n) is 4.74. The fourth-order valence-electron chi connectivity index (χ4n) is 3.37. The van der Waals surface area contributed by atoms with Crippen LogP contribution in [0, 0.1) is 6.92 Å². The number of hydrogen-bond donors (Lipinski definition) is 2. The zero-order valence-corrected chi connectivity index (χ0v) is 15.1. The molecule has 0 unspecified atom stereocenters. The number of hydrogen-bond acceptors (Lipinski definition) is 4. The second kappa shape index (κ2) is 7.03. The summed E-state index contributed by atoms with van der Waals surface area (Å²) in [6.07, 6.45) is 4.59. The van der Waals surface area contributed by atoms with Gasteiger partial charge in [0, 0.05) is 18.3 Å². The van der Waals surface area contributed by atoms with Crippen LogP contribution >= 0.6 is 0 Å². The first kappa shape index (κ1) is 17.7. The Kier molecular flexibility index (Phi) is 4.99. The van der Waals surface area contributed by atoms with Crippen LogP contribution in [-0.2, 0) is 19.6 Å². The first-order valence-corrected chi connectivity index (χ1v) is 10.2. The number of carbonyl (C=O) groups excluding carboxylic acids is 2. The van der Waals surface area contributed by atoms with Gasteiger partial charge < -0.3 is 10.6 Å². The van der Waals surface area contributed by atoms with Crippen LogP contribution < -0.4 is 14.9 Å². The smallest absolute Gasteiger partial charge is 0.313 e. The van der Waals surface area contributed by atoms with Gasteiger partial charge in [-0.2, -0.15) is 0 Å². The molecule has 0 atom stereocenters. The zero-order valence-electron chi connectivity index (χ0n) is 14.2. The third-order valence-corrected chi connectivity index (χ3v) is 6.61. The van der Waals surface area contributed by atoms with Crippen molar-refractivity contribution < 1.29 is 18.0 Å². The summed E-state index contributed by atoms with van der Waals surface area (Å²) in [5, 5.41) is 5.35. The van der Waals surface area contributed by atoms with E-state index in [0.29, 0.717) is 29.9 Å². The summed E-state index contributed by atoms with van der Waals surface area (Å²) < 4.78 is 25.4. The Morgan fingerprint density at radius 3 is 2.44 bits per heavy atom. The van der Waals surface area contributed by atoms with Crippen molar-refractivity contribution in [3.05, 3.63) is 23.8 Å². The normalized spacial score (nSPS) is 19.8. The first-order valence-electron chi connectivity index (χ1n) is 8.60. The number of anilines is 2. The molecule has 2 amide bonds. The number of nitrogens with zero attached hydrogens (tertiary/aromatic N) is 1. The van der Waals surface area contributed by atoms with Crippen molar-refractivity contribution in [2.24, 2.45) is 0 Å². The molecule has 0 spiro atoms. The molecular formula is C17H23N3O4S. The first-order chi connectivity index (χ1) is 11.9. The van der Waals surface area contributed by atoms with Crippen LogP contribution in [0.1, 0.15) is 37.7 Å². The summed E-state index contributed by atoms with van der Waals surface area (Å²) in [6.45, 7) is 2.24. The van der Waals surface area contributed by atoms with Gasteiger partial charge in [-0.25, -0.2) is 8.42 Å². The van der Waals surface area contributed by atoms with Gasteiger partial charge in [0.25, 0.3) is 0 Å². The van der Waals surface area contributed by atoms with Crippen LogP contribution in [0.15, 0.2) is 18.2 Å². The summed E-state index contributed by atoms with van der Waals surface area (Å²) in [6, 6.07) is 5.09. The number of sulfonamides is 1. The van der Waals surface area contributed by atoms with E-state index in [9.17, 15) is 18.0 Å². The topological polar surface area (TPSA) is 95.6 Å². The lowest BCUT2D eigenvalue weighted by Gasteiger charge is -2.19. The number of amides is 2.